The van der Waals surface area contributed by atoms with Crippen molar-refractivity contribution in [2.45, 2.75) is 38.2 Å². The van der Waals surface area contributed by atoms with Crippen LogP contribution in [-0.2, 0) is 12.8 Å². The summed E-state index contributed by atoms with van der Waals surface area (Å²) >= 11 is 0. The third-order valence-electron chi connectivity index (χ3n) is 5.71. The Bertz CT molecular complexity index is 1000. The monoisotopic (exact) mass is 401 g/mol. The largest absolute Gasteiger partial charge is 0.474 e. The summed E-state index contributed by atoms with van der Waals surface area (Å²) in [5.41, 5.74) is 10.9. The first-order valence-corrected chi connectivity index (χ1v) is 10.4. The number of ether oxygens (including phenoxy) is 1. The van der Waals surface area contributed by atoms with Crippen molar-refractivity contribution in [2.75, 3.05) is 11.9 Å². The molecule has 0 spiro atoms. The van der Waals surface area contributed by atoms with E-state index in [0.717, 1.165) is 25.8 Å². The van der Waals surface area contributed by atoms with Crippen LogP contribution < -0.4 is 15.8 Å². The number of amides is 1. The van der Waals surface area contributed by atoms with Gasteiger partial charge in [-0.1, -0.05) is 49.4 Å². The number of pyridine rings is 1. The number of anilines is 1. The molecule has 0 aliphatic heterocycles. The molecule has 1 aromatic heterocycles. The second kappa shape index (κ2) is 8.99. The second-order valence-corrected chi connectivity index (χ2v) is 7.87. The highest BCUT2D eigenvalue weighted by molar-refractivity contribution is 5.92. The van der Waals surface area contributed by atoms with Crippen LogP contribution >= 0.6 is 0 Å². The highest BCUT2D eigenvalue weighted by Gasteiger charge is 2.22. The number of carbonyl (C=O) groups is 1. The third-order valence-corrected chi connectivity index (χ3v) is 5.71. The number of benzene rings is 2. The molecule has 3 N–H and O–H groups in total. The lowest BCUT2D eigenvalue weighted by molar-refractivity contribution is 0.0999. The van der Waals surface area contributed by atoms with Crippen molar-refractivity contribution >= 4 is 11.6 Å². The summed E-state index contributed by atoms with van der Waals surface area (Å²) < 4.78 is 6.06. The molecular formula is C25H27N3O2. The molecular weight excluding hydrogens is 374 g/mol. The molecule has 1 amide bonds. The first kappa shape index (κ1) is 20.0. The van der Waals surface area contributed by atoms with Crippen molar-refractivity contribution in [2.24, 2.45) is 5.73 Å². The summed E-state index contributed by atoms with van der Waals surface area (Å²) in [6.45, 7) is 3.15. The number of primary amides is 1. The lowest BCUT2D eigenvalue weighted by atomic mass is 9.88. The molecule has 3 aromatic rings. The fraction of sp³-hybridized carbons (Fsp3) is 0.280. The van der Waals surface area contributed by atoms with Crippen LogP contribution in [0.3, 0.4) is 0 Å². The summed E-state index contributed by atoms with van der Waals surface area (Å²) in [5, 5.41) is 3.66. The lowest BCUT2D eigenvalue weighted by Gasteiger charge is -2.27. The Balaban J connectivity index is 1.39. The van der Waals surface area contributed by atoms with Crippen LogP contribution in [0.15, 0.2) is 66.9 Å². The van der Waals surface area contributed by atoms with E-state index in [9.17, 15) is 4.79 Å². The molecule has 0 saturated carbocycles. The molecule has 0 fully saturated rings. The van der Waals surface area contributed by atoms with Gasteiger partial charge in [0, 0.05) is 30.9 Å². The van der Waals surface area contributed by atoms with E-state index in [1.54, 1.807) is 12.1 Å². The van der Waals surface area contributed by atoms with Crippen molar-refractivity contribution in [1.82, 2.24) is 4.98 Å². The number of hydrogen-bond donors (Lipinski definition) is 2. The van der Waals surface area contributed by atoms with E-state index in [-0.39, 0.29) is 6.10 Å². The van der Waals surface area contributed by atoms with Gasteiger partial charge in [0.25, 0.3) is 0 Å². The fourth-order valence-electron chi connectivity index (χ4n) is 3.97. The minimum absolute atomic E-state index is 0.0721. The maximum atomic E-state index is 11.2. The molecule has 0 saturated heterocycles. The molecule has 30 heavy (non-hydrogen) atoms. The second-order valence-electron chi connectivity index (χ2n) is 7.87. The average Bonchev–Trinajstić information content (AvgIpc) is 2.78. The van der Waals surface area contributed by atoms with Gasteiger partial charge in [0.05, 0.1) is 5.56 Å². The van der Waals surface area contributed by atoms with Gasteiger partial charge in [0.1, 0.15) is 6.10 Å². The van der Waals surface area contributed by atoms with Crippen molar-refractivity contribution in [3.05, 3.63) is 89.1 Å². The zero-order valence-corrected chi connectivity index (χ0v) is 17.2. The highest BCUT2D eigenvalue weighted by Crippen LogP contribution is 2.30. The van der Waals surface area contributed by atoms with Crippen LogP contribution in [0.5, 0.6) is 5.88 Å². The SMILES string of the molecule is CC(CNc1cccc2c1CCC(Oc1ccc(C(N)=O)cn1)C2)c1ccccc1. The first-order valence-electron chi connectivity index (χ1n) is 10.4. The number of carbonyl (C=O) groups excluding carboxylic acids is 1. The normalized spacial score (nSPS) is 16.4. The molecule has 1 aliphatic carbocycles. The van der Waals surface area contributed by atoms with E-state index in [2.05, 4.69) is 65.8 Å². The minimum atomic E-state index is -0.484. The Hall–Kier alpha value is -3.34. The standard InChI is InChI=1S/C25H27N3O2/c1-17(18-6-3-2-4-7-18)15-27-23-9-5-8-19-14-21(11-12-22(19)23)30-24-13-10-20(16-28-24)25(26)29/h2-10,13,16-17,21,27H,11-12,14-15H2,1H3,(H2,26,29). The van der Waals surface area contributed by atoms with E-state index in [1.165, 1.54) is 28.6 Å². The summed E-state index contributed by atoms with van der Waals surface area (Å²) in [6.07, 6.45) is 4.27. The van der Waals surface area contributed by atoms with E-state index in [4.69, 9.17) is 10.5 Å². The quantitative estimate of drug-likeness (QED) is 0.618. The number of nitrogens with zero attached hydrogens (tertiary/aromatic N) is 1. The Morgan fingerprint density at radius 2 is 2.00 bits per heavy atom. The number of fused-ring (bicyclic) bond motifs is 1. The van der Waals surface area contributed by atoms with E-state index >= 15 is 0 Å². The lowest BCUT2D eigenvalue weighted by Crippen LogP contribution is -2.26. The Morgan fingerprint density at radius 3 is 2.73 bits per heavy atom. The zero-order valence-electron chi connectivity index (χ0n) is 17.2. The predicted octanol–water partition coefficient (Wildman–Crippen LogP) is 4.33. The van der Waals surface area contributed by atoms with E-state index in [1.807, 2.05) is 0 Å². The predicted molar refractivity (Wildman–Crippen MR) is 119 cm³/mol. The van der Waals surface area contributed by atoms with Gasteiger partial charge >= 0.3 is 0 Å². The van der Waals surface area contributed by atoms with Crippen molar-refractivity contribution in [3.8, 4) is 5.88 Å². The molecule has 2 aromatic carbocycles. The maximum Gasteiger partial charge on any atom is 0.250 e. The molecule has 154 valence electrons. The summed E-state index contributed by atoms with van der Waals surface area (Å²) in [7, 11) is 0. The number of hydrogen-bond acceptors (Lipinski definition) is 4. The molecule has 1 heterocycles. The minimum Gasteiger partial charge on any atom is -0.474 e. The summed E-state index contributed by atoms with van der Waals surface area (Å²) in [4.78, 5) is 15.4. The molecule has 0 radical (unpaired) electrons. The Morgan fingerprint density at radius 1 is 1.17 bits per heavy atom. The van der Waals surface area contributed by atoms with Gasteiger partial charge < -0.3 is 15.8 Å². The van der Waals surface area contributed by atoms with Crippen molar-refractivity contribution in [1.29, 1.82) is 0 Å². The smallest absolute Gasteiger partial charge is 0.250 e. The van der Waals surface area contributed by atoms with Crippen molar-refractivity contribution in [3.63, 3.8) is 0 Å². The molecule has 1 aliphatic rings. The highest BCUT2D eigenvalue weighted by atomic mass is 16.5. The fourth-order valence-corrected chi connectivity index (χ4v) is 3.97. The summed E-state index contributed by atoms with van der Waals surface area (Å²) in [6, 6.07) is 20.4. The van der Waals surface area contributed by atoms with Gasteiger partial charge in [-0.25, -0.2) is 4.98 Å². The molecule has 5 heteroatoms. The van der Waals surface area contributed by atoms with Crippen LogP contribution in [-0.4, -0.2) is 23.5 Å². The third kappa shape index (κ3) is 4.62. The van der Waals surface area contributed by atoms with Crippen LogP contribution in [0.2, 0.25) is 0 Å². The molecule has 2 atom stereocenters. The van der Waals surface area contributed by atoms with Crippen LogP contribution in [0.4, 0.5) is 5.69 Å². The van der Waals surface area contributed by atoms with Gasteiger partial charge in [-0.05, 0) is 47.6 Å². The van der Waals surface area contributed by atoms with Crippen LogP contribution in [0, 0.1) is 0 Å². The topological polar surface area (TPSA) is 77.2 Å². The Labute approximate surface area is 177 Å². The van der Waals surface area contributed by atoms with Gasteiger partial charge in [0.2, 0.25) is 11.8 Å². The number of nitrogens with two attached hydrogens (primary N) is 1. The van der Waals surface area contributed by atoms with Gasteiger partial charge in [-0.15, -0.1) is 0 Å². The number of nitrogens with one attached hydrogen (secondary N) is 1. The molecule has 5 nitrogen and oxygen atoms in total. The van der Waals surface area contributed by atoms with Gasteiger partial charge in [0.15, 0.2) is 0 Å². The van der Waals surface area contributed by atoms with E-state index in [0.29, 0.717) is 17.4 Å². The molecule has 0 bridgehead atoms. The molecule has 4 rings (SSSR count). The maximum absolute atomic E-state index is 11.2. The first-order chi connectivity index (χ1) is 14.6. The Kier molecular flexibility index (Phi) is 5.98. The zero-order chi connectivity index (χ0) is 20.9. The number of aromatic nitrogens is 1. The van der Waals surface area contributed by atoms with Crippen molar-refractivity contribution < 1.29 is 9.53 Å². The van der Waals surface area contributed by atoms with Gasteiger partial charge in [-0.3, -0.25) is 4.79 Å². The summed E-state index contributed by atoms with van der Waals surface area (Å²) in [5.74, 6) is 0.484. The van der Waals surface area contributed by atoms with Crippen LogP contribution in [0.25, 0.3) is 0 Å². The number of rotatable bonds is 7. The molecule has 2 unspecified atom stereocenters. The van der Waals surface area contributed by atoms with Crippen LogP contribution in [0.1, 0.15) is 46.3 Å². The van der Waals surface area contributed by atoms with Gasteiger partial charge in [-0.2, -0.15) is 0 Å². The van der Waals surface area contributed by atoms with E-state index < -0.39 is 5.91 Å². The average molecular weight is 402 g/mol.